The number of benzene rings is 1. The van der Waals surface area contributed by atoms with Gasteiger partial charge in [0.15, 0.2) is 0 Å². The molecule has 0 bridgehead atoms. The summed E-state index contributed by atoms with van der Waals surface area (Å²) >= 11 is 11.5. The van der Waals surface area contributed by atoms with E-state index < -0.39 is 0 Å². The van der Waals surface area contributed by atoms with E-state index in [0.717, 1.165) is 5.56 Å². The van der Waals surface area contributed by atoms with Crippen LogP contribution in [0, 0.1) is 0 Å². The monoisotopic (exact) mass is 215 g/mol. The molecule has 2 nitrogen and oxygen atoms in total. The number of hydrogen-bond donors (Lipinski definition) is 1. The van der Waals surface area contributed by atoms with Crippen LogP contribution in [0.2, 0.25) is 5.02 Å². The van der Waals surface area contributed by atoms with Crippen molar-refractivity contribution in [3.63, 3.8) is 0 Å². The Morgan fingerprint density at radius 1 is 1.31 bits per heavy atom. The van der Waals surface area contributed by atoms with Crippen LogP contribution in [-0.2, 0) is 0 Å². The number of oxime groups is 1. The molecule has 13 heavy (non-hydrogen) atoms. The van der Waals surface area contributed by atoms with Crippen molar-refractivity contribution in [2.45, 2.75) is 0 Å². The molecule has 0 aromatic heterocycles. The Bertz CT molecular complexity index is 330. The van der Waals surface area contributed by atoms with Crippen LogP contribution in [0.15, 0.2) is 35.5 Å². The molecule has 4 heteroatoms. The lowest BCUT2D eigenvalue weighted by Crippen LogP contribution is -1.76. The van der Waals surface area contributed by atoms with Gasteiger partial charge in [-0.25, -0.2) is 0 Å². The number of nitrogens with zero attached hydrogens (tertiary/aromatic N) is 1. The molecule has 1 rings (SSSR count). The van der Waals surface area contributed by atoms with Gasteiger partial charge in [-0.2, -0.15) is 0 Å². The maximum absolute atomic E-state index is 8.15. The van der Waals surface area contributed by atoms with Crippen molar-refractivity contribution in [3.8, 4) is 0 Å². The summed E-state index contributed by atoms with van der Waals surface area (Å²) < 4.78 is 0. The van der Waals surface area contributed by atoms with E-state index in [9.17, 15) is 0 Å². The maximum Gasteiger partial charge on any atom is 0.0676 e. The van der Waals surface area contributed by atoms with E-state index >= 15 is 0 Å². The van der Waals surface area contributed by atoms with Crippen LogP contribution in [0.4, 0.5) is 0 Å². The Kier molecular flexibility index (Phi) is 3.80. The van der Waals surface area contributed by atoms with Gasteiger partial charge in [0.2, 0.25) is 0 Å². The highest BCUT2D eigenvalue weighted by atomic mass is 35.5. The van der Waals surface area contributed by atoms with Gasteiger partial charge in [0, 0.05) is 10.1 Å². The van der Waals surface area contributed by atoms with Crippen LogP contribution in [0.1, 0.15) is 5.56 Å². The lowest BCUT2D eigenvalue weighted by atomic mass is 10.2. The van der Waals surface area contributed by atoms with Crippen LogP contribution < -0.4 is 0 Å². The topological polar surface area (TPSA) is 32.6 Å². The normalized spacial score (nSPS) is 12.3. The molecule has 0 aliphatic heterocycles. The van der Waals surface area contributed by atoms with Crippen molar-refractivity contribution in [1.82, 2.24) is 0 Å². The molecule has 0 aliphatic carbocycles. The molecule has 0 fully saturated rings. The molecule has 1 aromatic carbocycles. The molecule has 68 valence electrons. The van der Waals surface area contributed by atoms with Crippen molar-refractivity contribution >= 4 is 34.4 Å². The summed E-state index contributed by atoms with van der Waals surface area (Å²) in [6, 6.07) is 7.05. The predicted molar refractivity (Wildman–Crippen MR) is 55.6 cm³/mol. The third kappa shape index (κ3) is 3.09. The number of halogens is 2. The second-order valence-corrected chi connectivity index (χ2v) is 3.13. The standard InChI is InChI=1S/C9H7Cl2NO/c10-8-3-1-7(2-4-8)9(11)5-6-12-13/h1-6,13H. The fraction of sp³-hybridized carbons (Fsp3) is 0. The van der Waals surface area contributed by atoms with E-state index in [0.29, 0.717) is 10.1 Å². The van der Waals surface area contributed by atoms with Crippen LogP contribution >= 0.6 is 23.2 Å². The average Bonchev–Trinajstić information content (AvgIpc) is 2.15. The van der Waals surface area contributed by atoms with Gasteiger partial charge in [-0.3, -0.25) is 0 Å². The minimum Gasteiger partial charge on any atom is -0.411 e. The first-order chi connectivity index (χ1) is 6.24. The van der Waals surface area contributed by atoms with Gasteiger partial charge in [0.1, 0.15) is 0 Å². The third-order valence-corrected chi connectivity index (χ3v) is 2.00. The Morgan fingerprint density at radius 2 is 1.92 bits per heavy atom. The quantitative estimate of drug-likeness (QED) is 0.458. The molecule has 1 N–H and O–H groups in total. The SMILES string of the molecule is ON=CC=C(Cl)c1ccc(Cl)cc1. The zero-order valence-corrected chi connectivity index (χ0v) is 8.13. The predicted octanol–water partition coefficient (Wildman–Crippen LogP) is 3.38. The van der Waals surface area contributed by atoms with E-state index in [4.69, 9.17) is 28.4 Å². The highest BCUT2D eigenvalue weighted by Crippen LogP contribution is 2.19. The molecule has 0 spiro atoms. The molecule has 0 saturated carbocycles. The Hall–Kier alpha value is -0.990. The van der Waals surface area contributed by atoms with Crippen molar-refractivity contribution in [1.29, 1.82) is 0 Å². The summed E-state index contributed by atoms with van der Waals surface area (Å²) in [5.41, 5.74) is 0.825. The molecule has 1 aromatic rings. The lowest BCUT2D eigenvalue weighted by Gasteiger charge is -1.97. The van der Waals surface area contributed by atoms with Crippen LogP contribution in [-0.4, -0.2) is 11.4 Å². The zero-order valence-electron chi connectivity index (χ0n) is 6.61. The highest BCUT2D eigenvalue weighted by molar-refractivity contribution is 6.49. The van der Waals surface area contributed by atoms with Crippen molar-refractivity contribution in [3.05, 3.63) is 40.9 Å². The van der Waals surface area contributed by atoms with Gasteiger partial charge in [0.25, 0.3) is 0 Å². The molecule has 0 saturated heterocycles. The van der Waals surface area contributed by atoms with Crippen molar-refractivity contribution in [2.75, 3.05) is 0 Å². The van der Waals surface area contributed by atoms with Gasteiger partial charge in [-0.1, -0.05) is 40.5 Å². The first-order valence-electron chi connectivity index (χ1n) is 3.53. The summed E-state index contributed by atoms with van der Waals surface area (Å²) in [7, 11) is 0. The van der Waals surface area contributed by atoms with E-state index in [1.54, 1.807) is 24.3 Å². The summed E-state index contributed by atoms with van der Waals surface area (Å²) in [4.78, 5) is 0. The second-order valence-electron chi connectivity index (χ2n) is 2.29. The molecule has 0 heterocycles. The summed E-state index contributed by atoms with van der Waals surface area (Å²) in [5.74, 6) is 0. The molecular weight excluding hydrogens is 209 g/mol. The number of allylic oxidation sites excluding steroid dienone is 1. The van der Waals surface area contributed by atoms with Crippen LogP contribution in [0.3, 0.4) is 0 Å². The first kappa shape index (κ1) is 10.1. The fourth-order valence-corrected chi connectivity index (χ4v) is 1.11. The summed E-state index contributed by atoms with van der Waals surface area (Å²) in [6.45, 7) is 0. The van der Waals surface area contributed by atoms with Crippen LogP contribution in [0.5, 0.6) is 0 Å². The zero-order chi connectivity index (χ0) is 9.68. The van der Waals surface area contributed by atoms with Crippen molar-refractivity contribution < 1.29 is 5.21 Å². The molecular formula is C9H7Cl2NO. The smallest absolute Gasteiger partial charge is 0.0676 e. The van der Waals surface area contributed by atoms with Crippen molar-refractivity contribution in [2.24, 2.45) is 5.16 Å². The van der Waals surface area contributed by atoms with E-state index in [1.165, 1.54) is 12.3 Å². The molecule has 0 atom stereocenters. The second kappa shape index (κ2) is 4.90. The van der Waals surface area contributed by atoms with E-state index in [-0.39, 0.29) is 0 Å². The summed E-state index contributed by atoms with van der Waals surface area (Å²) in [5, 5.41) is 12.1. The minimum atomic E-state index is 0.495. The maximum atomic E-state index is 8.15. The van der Waals surface area contributed by atoms with Gasteiger partial charge >= 0.3 is 0 Å². The van der Waals surface area contributed by atoms with Gasteiger partial charge in [-0.05, 0) is 23.8 Å². The Morgan fingerprint density at radius 3 is 2.46 bits per heavy atom. The van der Waals surface area contributed by atoms with Gasteiger partial charge in [-0.15, -0.1) is 0 Å². The lowest BCUT2D eigenvalue weighted by molar-refractivity contribution is 0.322. The Balaban J connectivity index is 2.89. The fourth-order valence-electron chi connectivity index (χ4n) is 0.804. The Labute approximate surface area is 86.1 Å². The van der Waals surface area contributed by atoms with E-state index in [2.05, 4.69) is 5.16 Å². The summed E-state index contributed by atoms with van der Waals surface area (Å²) in [6.07, 6.45) is 2.70. The average molecular weight is 216 g/mol. The molecule has 0 unspecified atom stereocenters. The van der Waals surface area contributed by atoms with E-state index in [1.807, 2.05) is 0 Å². The minimum absolute atomic E-state index is 0.495. The highest BCUT2D eigenvalue weighted by Gasteiger charge is 1.95. The first-order valence-corrected chi connectivity index (χ1v) is 4.29. The van der Waals surface area contributed by atoms with Gasteiger partial charge in [0.05, 0.1) is 6.21 Å². The van der Waals surface area contributed by atoms with Gasteiger partial charge < -0.3 is 5.21 Å². The third-order valence-electron chi connectivity index (χ3n) is 1.41. The number of hydrogen-bond acceptors (Lipinski definition) is 2. The van der Waals surface area contributed by atoms with Crippen LogP contribution in [0.25, 0.3) is 5.03 Å². The molecule has 0 amide bonds. The largest absolute Gasteiger partial charge is 0.411 e. The molecule has 0 radical (unpaired) electrons. The number of rotatable bonds is 2. The molecule has 0 aliphatic rings.